The van der Waals surface area contributed by atoms with Crippen LogP contribution in [0, 0.1) is 0 Å². The van der Waals surface area contributed by atoms with Gasteiger partial charge in [-0.05, 0) is 51.9 Å². The van der Waals surface area contributed by atoms with Crippen LogP contribution in [0.1, 0.15) is 45.4 Å². The third kappa shape index (κ3) is 6.02. The molecule has 0 amide bonds. The fourth-order valence-electron chi connectivity index (χ4n) is 2.59. The maximum absolute atomic E-state index is 5.83. The Kier molecular flexibility index (Phi) is 6.62. The summed E-state index contributed by atoms with van der Waals surface area (Å²) in [5.74, 6) is 0. The molecular weight excluding hydrogens is 214 g/mol. The van der Waals surface area contributed by atoms with E-state index in [9.17, 15) is 0 Å². The Balaban J connectivity index is 2.02. The lowest BCUT2D eigenvalue weighted by atomic mass is 9.95. The summed E-state index contributed by atoms with van der Waals surface area (Å²) in [5, 5.41) is 3.70. The van der Waals surface area contributed by atoms with Gasteiger partial charge < -0.3 is 9.74 Å². The molecule has 0 radical (unpaired) electrons. The van der Waals surface area contributed by atoms with Crippen molar-refractivity contribution in [1.29, 1.82) is 0 Å². The lowest BCUT2D eigenvalue weighted by molar-refractivity contribution is 0.326. The highest BCUT2D eigenvalue weighted by molar-refractivity contribution is 6.71. The smallest absolute Gasteiger partial charge is 0.186 e. The van der Waals surface area contributed by atoms with Crippen molar-refractivity contribution >= 4 is 8.32 Å². The highest BCUT2D eigenvalue weighted by atomic mass is 28.4. The topological polar surface area (TPSA) is 21.3 Å². The monoisotopic (exact) mass is 243 g/mol. The van der Waals surface area contributed by atoms with Crippen molar-refractivity contribution in [3.05, 3.63) is 0 Å². The van der Waals surface area contributed by atoms with Gasteiger partial charge in [0.1, 0.15) is 0 Å². The van der Waals surface area contributed by atoms with E-state index in [0.29, 0.717) is 0 Å². The van der Waals surface area contributed by atoms with Crippen LogP contribution in [-0.2, 0) is 4.43 Å². The minimum absolute atomic E-state index is 0.811. The third-order valence-corrected chi connectivity index (χ3v) is 6.16. The first-order valence-electron chi connectivity index (χ1n) is 7.01. The maximum atomic E-state index is 5.83. The molecule has 0 aromatic heterocycles. The molecule has 0 atom stereocenters. The van der Waals surface area contributed by atoms with Gasteiger partial charge in [0.15, 0.2) is 8.32 Å². The van der Waals surface area contributed by atoms with Crippen molar-refractivity contribution in [3.8, 4) is 0 Å². The quantitative estimate of drug-likeness (QED) is 0.545. The standard InChI is InChI=1S/C13H29NOSi/c1-4-15-16(2,3)12-8-11-14-13-9-6-5-7-10-13/h13-14H,4-12H2,1-3H3. The molecule has 0 aromatic carbocycles. The lowest BCUT2D eigenvalue weighted by Crippen LogP contribution is -2.34. The van der Waals surface area contributed by atoms with E-state index in [4.69, 9.17) is 4.43 Å². The molecule has 1 N–H and O–H groups in total. The first-order chi connectivity index (χ1) is 7.64. The van der Waals surface area contributed by atoms with Crippen molar-refractivity contribution in [1.82, 2.24) is 5.32 Å². The molecule has 0 saturated heterocycles. The van der Waals surface area contributed by atoms with Gasteiger partial charge >= 0.3 is 0 Å². The summed E-state index contributed by atoms with van der Waals surface area (Å²) in [6, 6.07) is 2.10. The number of nitrogens with one attached hydrogen (secondary N) is 1. The summed E-state index contributed by atoms with van der Waals surface area (Å²) >= 11 is 0. The molecule has 1 saturated carbocycles. The van der Waals surface area contributed by atoms with E-state index in [1.807, 2.05) is 0 Å². The molecule has 0 aromatic rings. The zero-order valence-corrected chi connectivity index (χ0v) is 12.3. The Labute approximate surface area is 102 Å². The molecule has 16 heavy (non-hydrogen) atoms. The highest BCUT2D eigenvalue weighted by Gasteiger charge is 2.21. The van der Waals surface area contributed by atoms with Crippen LogP contribution in [0.25, 0.3) is 0 Å². The van der Waals surface area contributed by atoms with Crippen molar-refractivity contribution in [2.45, 2.75) is 70.6 Å². The summed E-state index contributed by atoms with van der Waals surface area (Å²) in [7, 11) is -1.33. The highest BCUT2D eigenvalue weighted by Crippen LogP contribution is 2.18. The van der Waals surface area contributed by atoms with E-state index in [1.165, 1.54) is 51.1 Å². The summed E-state index contributed by atoms with van der Waals surface area (Å²) in [5.41, 5.74) is 0. The summed E-state index contributed by atoms with van der Waals surface area (Å²) < 4.78 is 5.83. The molecule has 0 aliphatic heterocycles. The SMILES string of the molecule is CCO[Si](C)(C)CCCNC1CCCCC1. The first-order valence-corrected chi connectivity index (χ1v) is 10.1. The predicted molar refractivity (Wildman–Crippen MR) is 73.4 cm³/mol. The maximum Gasteiger partial charge on any atom is 0.186 e. The van der Waals surface area contributed by atoms with Gasteiger partial charge in [0.05, 0.1) is 0 Å². The second-order valence-corrected chi connectivity index (χ2v) is 9.89. The van der Waals surface area contributed by atoms with Gasteiger partial charge in [-0.3, -0.25) is 0 Å². The fraction of sp³-hybridized carbons (Fsp3) is 1.00. The zero-order valence-electron chi connectivity index (χ0n) is 11.3. The zero-order chi connectivity index (χ0) is 11.9. The number of rotatable bonds is 7. The average molecular weight is 243 g/mol. The van der Waals surface area contributed by atoms with Crippen LogP contribution in [0.3, 0.4) is 0 Å². The van der Waals surface area contributed by atoms with Gasteiger partial charge in [-0.25, -0.2) is 0 Å². The molecule has 0 unspecified atom stereocenters. The molecule has 1 rings (SSSR count). The Morgan fingerprint density at radius 1 is 1.19 bits per heavy atom. The second kappa shape index (κ2) is 7.46. The van der Waals surface area contributed by atoms with Crippen molar-refractivity contribution in [2.24, 2.45) is 0 Å². The molecule has 0 spiro atoms. The van der Waals surface area contributed by atoms with Gasteiger partial charge in [-0.2, -0.15) is 0 Å². The van der Waals surface area contributed by atoms with Crippen LogP contribution < -0.4 is 5.32 Å². The van der Waals surface area contributed by atoms with Crippen LogP contribution >= 0.6 is 0 Å². The summed E-state index contributed by atoms with van der Waals surface area (Å²) in [6.45, 7) is 8.84. The van der Waals surface area contributed by atoms with Gasteiger partial charge in [0.2, 0.25) is 0 Å². The fourth-order valence-corrected chi connectivity index (χ4v) is 4.54. The molecule has 96 valence electrons. The number of hydrogen-bond acceptors (Lipinski definition) is 2. The average Bonchev–Trinajstić information content (AvgIpc) is 2.26. The third-order valence-electron chi connectivity index (χ3n) is 3.53. The van der Waals surface area contributed by atoms with Crippen molar-refractivity contribution in [2.75, 3.05) is 13.2 Å². The van der Waals surface area contributed by atoms with E-state index >= 15 is 0 Å². The summed E-state index contributed by atoms with van der Waals surface area (Å²) in [6.07, 6.45) is 8.38. The normalized spacial score (nSPS) is 18.9. The molecule has 1 aliphatic rings. The van der Waals surface area contributed by atoms with Gasteiger partial charge in [-0.1, -0.05) is 19.3 Å². The Hall–Kier alpha value is 0.137. The van der Waals surface area contributed by atoms with Gasteiger partial charge in [0.25, 0.3) is 0 Å². The molecule has 1 fully saturated rings. The van der Waals surface area contributed by atoms with Crippen LogP contribution in [0.2, 0.25) is 19.1 Å². The second-order valence-electron chi connectivity index (χ2n) is 5.59. The van der Waals surface area contributed by atoms with Crippen molar-refractivity contribution < 1.29 is 4.43 Å². The van der Waals surface area contributed by atoms with Crippen LogP contribution in [0.15, 0.2) is 0 Å². The van der Waals surface area contributed by atoms with E-state index in [0.717, 1.165) is 12.6 Å². The Bertz CT molecular complexity index is 179. The van der Waals surface area contributed by atoms with E-state index < -0.39 is 8.32 Å². The minimum Gasteiger partial charge on any atom is -0.418 e. The Morgan fingerprint density at radius 2 is 1.88 bits per heavy atom. The van der Waals surface area contributed by atoms with Crippen LogP contribution in [0.5, 0.6) is 0 Å². The molecule has 0 bridgehead atoms. The van der Waals surface area contributed by atoms with E-state index in [1.54, 1.807) is 0 Å². The molecule has 1 aliphatic carbocycles. The van der Waals surface area contributed by atoms with E-state index in [-0.39, 0.29) is 0 Å². The first kappa shape index (κ1) is 14.2. The molecular formula is C13H29NOSi. The predicted octanol–water partition coefficient (Wildman–Crippen LogP) is 3.54. The molecule has 2 nitrogen and oxygen atoms in total. The summed E-state index contributed by atoms with van der Waals surface area (Å²) in [4.78, 5) is 0. The molecule has 0 heterocycles. The largest absolute Gasteiger partial charge is 0.418 e. The van der Waals surface area contributed by atoms with Crippen LogP contribution in [0.4, 0.5) is 0 Å². The van der Waals surface area contributed by atoms with Gasteiger partial charge in [-0.15, -0.1) is 0 Å². The Morgan fingerprint density at radius 3 is 2.50 bits per heavy atom. The molecule has 3 heteroatoms. The van der Waals surface area contributed by atoms with Crippen LogP contribution in [-0.4, -0.2) is 27.5 Å². The van der Waals surface area contributed by atoms with Crippen molar-refractivity contribution in [3.63, 3.8) is 0 Å². The van der Waals surface area contributed by atoms with Gasteiger partial charge in [0, 0.05) is 12.6 Å². The number of hydrogen-bond donors (Lipinski definition) is 1. The van der Waals surface area contributed by atoms with E-state index in [2.05, 4.69) is 25.3 Å². The minimum atomic E-state index is -1.33. The lowest BCUT2D eigenvalue weighted by Gasteiger charge is -2.25.